The van der Waals surface area contributed by atoms with E-state index < -0.39 is 51.9 Å². The van der Waals surface area contributed by atoms with Crippen LogP contribution in [-0.4, -0.2) is 70.5 Å². The second-order valence-electron chi connectivity index (χ2n) is 13.3. The quantitative estimate of drug-likeness (QED) is 0.132. The average molecular weight is 563 g/mol. The summed E-state index contributed by atoms with van der Waals surface area (Å²) in [5.41, 5.74) is -4.17. The van der Waals surface area contributed by atoms with Crippen LogP contribution in [0.1, 0.15) is 92.4 Å². The second-order valence-corrected chi connectivity index (χ2v) is 13.3. The Morgan fingerprint density at radius 3 is 2.35 bits per heavy atom. The zero-order valence-electron chi connectivity index (χ0n) is 25.2. The van der Waals surface area contributed by atoms with Crippen molar-refractivity contribution in [2.24, 2.45) is 29.1 Å². The molecule has 4 rings (SSSR count). The molecule has 0 aromatic heterocycles. The van der Waals surface area contributed by atoms with Gasteiger partial charge in [0.25, 0.3) is 0 Å². The molecule has 4 aliphatic rings. The second kappa shape index (κ2) is 11.6. The van der Waals surface area contributed by atoms with E-state index in [4.69, 9.17) is 14.2 Å². The molecule has 0 amide bonds. The van der Waals surface area contributed by atoms with Gasteiger partial charge in [-0.05, 0) is 24.5 Å². The molecular formula is C32H50O8. The normalized spacial score (nSPS) is 39.4. The van der Waals surface area contributed by atoms with Crippen LogP contribution in [0.25, 0.3) is 0 Å². The Morgan fingerprint density at radius 2 is 1.73 bits per heavy atom. The number of ketones is 1. The fraction of sp³-hybridized carbons (Fsp3) is 0.812. The van der Waals surface area contributed by atoms with Crippen LogP contribution in [0.4, 0.5) is 0 Å². The van der Waals surface area contributed by atoms with Crippen molar-refractivity contribution in [3.05, 3.63) is 23.3 Å². The number of esters is 1. The highest BCUT2D eigenvalue weighted by molar-refractivity contribution is 6.04. The van der Waals surface area contributed by atoms with Gasteiger partial charge in [0.15, 0.2) is 5.78 Å². The number of unbranched alkanes of at least 4 members (excludes halogenated alkanes) is 6. The van der Waals surface area contributed by atoms with Crippen molar-refractivity contribution in [1.29, 1.82) is 0 Å². The number of carbonyl (C=O) groups is 2. The van der Waals surface area contributed by atoms with Crippen LogP contribution in [0.5, 0.6) is 0 Å². The van der Waals surface area contributed by atoms with Crippen molar-refractivity contribution >= 4 is 11.8 Å². The Labute approximate surface area is 239 Å². The average Bonchev–Trinajstić information content (AvgIpc) is 3.33. The van der Waals surface area contributed by atoms with Crippen molar-refractivity contribution < 1.29 is 39.1 Å². The standard InChI is InChI=1S/C32H50O8/c1-7-8-9-10-11-12-13-14-25(34)40-32-26(29(32,4)5)23-16-22(18-33)17-30(36)24(15-20(2)27(30)35)31(23,37)21(3)28(32)39-19-38-6/h15-16,21,23-24,26,28,33,36-37H,7-14,17-19H2,1-6H3/t21-,23+,24-,26-,28-,30-,31-,32-/m1/s1. The number of hydrogen-bond donors (Lipinski definition) is 3. The Bertz CT molecular complexity index is 1030. The SMILES string of the molecule is CCCCCCCCCC(=O)O[C@@]12[C@H](OCOC)[C@@H](C)[C@@]3(O)[C@@H](C=C(CO)C[C@]4(O)C(=O)C(C)=C[C@@H]34)[C@@H]1C2(C)C. The first-order valence-electron chi connectivity index (χ1n) is 15.2. The van der Waals surface area contributed by atoms with E-state index in [0.29, 0.717) is 17.6 Å². The van der Waals surface area contributed by atoms with E-state index in [1.165, 1.54) is 32.8 Å². The molecule has 0 bridgehead atoms. The molecule has 8 atom stereocenters. The summed E-state index contributed by atoms with van der Waals surface area (Å²) in [6, 6.07) is 0. The summed E-state index contributed by atoms with van der Waals surface area (Å²) in [6.07, 6.45) is 10.7. The summed E-state index contributed by atoms with van der Waals surface area (Å²) in [5, 5.41) is 34.7. The van der Waals surface area contributed by atoms with Crippen molar-refractivity contribution in [2.75, 3.05) is 20.5 Å². The highest BCUT2D eigenvalue weighted by Crippen LogP contribution is 2.77. The minimum absolute atomic E-state index is 0.0594. The molecule has 4 aliphatic carbocycles. The largest absolute Gasteiger partial charge is 0.455 e. The third kappa shape index (κ3) is 4.72. The molecule has 0 spiro atoms. The van der Waals surface area contributed by atoms with E-state index >= 15 is 0 Å². The van der Waals surface area contributed by atoms with Gasteiger partial charge >= 0.3 is 5.97 Å². The Kier molecular flexibility index (Phi) is 9.09. The van der Waals surface area contributed by atoms with Crippen LogP contribution in [0.2, 0.25) is 0 Å². The van der Waals surface area contributed by atoms with E-state index in [9.17, 15) is 24.9 Å². The predicted octanol–water partition coefficient (Wildman–Crippen LogP) is 4.25. The molecule has 0 aliphatic heterocycles. The Morgan fingerprint density at radius 1 is 1.07 bits per heavy atom. The van der Waals surface area contributed by atoms with Gasteiger partial charge in [-0.3, -0.25) is 9.59 Å². The van der Waals surface area contributed by atoms with E-state index in [2.05, 4.69) is 6.92 Å². The molecule has 40 heavy (non-hydrogen) atoms. The first kappa shape index (κ1) is 31.4. The molecule has 0 unspecified atom stereocenters. The number of aliphatic hydroxyl groups excluding tert-OH is 1. The number of methoxy groups -OCH3 is 1. The van der Waals surface area contributed by atoms with Crippen LogP contribution in [-0.2, 0) is 23.8 Å². The predicted molar refractivity (Wildman–Crippen MR) is 150 cm³/mol. The summed E-state index contributed by atoms with van der Waals surface area (Å²) in [5.74, 6) is -3.19. The molecule has 3 N–H and O–H groups in total. The van der Waals surface area contributed by atoms with E-state index in [0.717, 1.165) is 19.3 Å². The highest BCUT2D eigenvalue weighted by Gasteiger charge is 2.87. The van der Waals surface area contributed by atoms with Crippen LogP contribution in [0, 0.1) is 29.1 Å². The first-order chi connectivity index (χ1) is 18.9. The zero-order valence-corrected chi connectivity index (χ0v) is 25.2. The van der Waals surface area contributed by atoms with E-state index in [1.54, 1.807) is 13.0 Å². The number of rotatable bonds is 13. The molecule has 2 saturated carbocycles. The van der Waals surface area contributed by atoms with Gasteiger partial charge in [0.2, 0.25) is 0 Å². The summed E-state index contributed by atoms with van der Waals surface area (Å²) < 4.78 is 17.9. The molecule has 0 aromatic carbocycles. The number of Topliss-reactive ketones (excluding diaryl/α,β-unsaturated/α-hetero) is 1. The molecule has 0 radical (unpaired) electrons. The van der Waals surface area contributed by atoms with Crippen LogP contribution < -0.4 is 0 Å². The summed E-state index contributed by atoms with van der Waals surface area (Å²) in [6.45, 7) is 9.32. The molecule has 2 fully saturated rings. The fourth-order valence-electron chi connectivity index (χ4n) is 8.51. The van der Waals surface area contributed by atoms with Crippen molar-refractivity contribution in [3.8, 4) is 0 Å². The van der Waals surface area contributed by atoms with Crippen molar-refractivity contribution in [1.82, 2.24) is 0 Å². The maximum Gasteiger partial charge on any atom is 0.306 e. The number of aliphatic hydroxyl groups is 3. The van der Waals surface area contributed by atoms with Crippen molar-refractivity contribution in [3.63, 3.8) is 0 Å². The van der Waals surface area contributed by atoms with Gasteiger partial charge in [-0.25, -0.2) is 0 Å². The van der Waals surface area contributed by atoms with Crippen molar-refractivity contribution in [2.45, 2.75) is 115 Å². The lowest BCUT2D eigenvalue weighted by Crippen LogP contribution is -2.66. The molecule has 8 nitrogen and oxygen atoms in total. The fourth-order valence-corrected chi connectivity index (χ4v) is 8.51. The third-order valence-electron chi connectivity index (χ3n) is 10.6. The van der Waals surface area contributed by atoms with Gasteiger partial charge in [0.05, 0.1) is 12.2 Å². The van der Waals surface area contributed by atoms with Crippen LogP contribution in [0.15, 0.2) is 23.3 Å². The number of ether oxygens (including phenoxy) is 3. The van der Waals surface area contributed by atoms with E-state index in [1.807, 2.05) is 26.8 Å². The maximum absolute atomic E-state index is 13.3. The molecule has 8 heteroatoms. The molecule has 0 saturated heterocycles. The van der Waals surface area contributed by atoms with Gasteiger partial charge in [0.1, 0.15) is 24.1 Å². The Balaban J connectivity index is 1.66. The molecule has 0 heterocycles. The van der Waals surface area contributed by atoms with Gasteiger partial charge in [-0.15, -0.1) is 0 Å². The van der Waals surface area contributed by atoms with E-state index in [-0.39, 0.29) is 31.7 Å². The van der Waals surface area contributed by atoms with Crippen LogP contribution >= 0.6 is 0 Å². The van der Waals surface area contributed by atoms with Gasteiger partial charge in [-0.2, -0.15) is 0 Å². The monoisotopic (exact) mass is 562 g/mol. The zero-order chi connectivity index (χ0) is 29.5. The number of carbonyl (C=O) groups excluding carboxylic acids is 2. The maximum atomic E-state index is 13.3. The minimum Gasteiger partial charge on any atom is -0.455 e. The minimum atomic E-state index is -1.87. The lowest BCUT2D eigenvalue weighted by atomic mass is 9.59. The topological polar surface area (TPSA) is 123 Å². The lowest BCUT2D eigenvalue weighted by molar-refractivity contribution is -0.243. The summed E-state index contributed by atoms with van der Waals surface area (Å²) in [4.78, 5) is 26.5. The van der Waals surface area contributed by atoms with Gasteiger partial charge in [0, 0.05) is 49.0 Å². The molecular weight excluding hydrogens is 512 g/mol. The lowest BCUT2D eigenvalue weighted by Gasteiger charge is -2.53. The van der Waals surface area contributed by atoms with Crippen LogP contribution in [0.3, 0.4) is 0 Å². The van der Waals surface area contributed by atoms with Gasteiger partial charge < -0.3 is 29.5 Å². The molecule has 0 aromatic rings. The third-order valence-corrected chi connectivity index (χ3v) is 10.6. The number of hydrogen-bond acceptors (Lipinski definition) is 8. The first-order valence-corrected chi connectivity index (χ1v) is 15.2. The Hall–Kier alpha value is -1.58. The molecule has 226 valence electrons. The summed E-state index contributed by atoms with van der Waals surface area (Å²) in [7, 11) is 1.52. The smallest absolute Gasteiger partial charge is 0.306 e. The van der Waals surface area contributed by atoms with Gasteiger partial charge in [-0.1, -0.05) is 78.4 Å². The summed E-state index contributed by atoms with van der Waals surface area (Å²) >= 11 is 0. The highest BCUT2D eigenvalue weighted by atomic mass is 16.7. The number of fused-ring (bicyclic) bond motifs is 5.